The van der Waals surface area contributed by atoms with E-state index in [4.69, 9.17) is 4.74 Å². The molecule has 1 amide bonds. The Morgan fingerprint density at radius 1 is 1.10 bits per heavy atom. The first-order chi connectivity index (χ1) is 19.1. The van der Waals surface area contributed by atoms with Crippen LogP contribution in [0.15, 0.2) is 18.2 Å². The average Bonchev–Trinajstić information content (AvgIpc) is 3.61. The van der Waals surface area contributed by atoms with Crippen molar-refractivity contribution >= 4 is 17.1 Å². The molecule has 1 aromatic carbocycles. The summed E-state index contributed by atoms with van der Waals surface area (Å²) < 4.78 is 20.1. The molecule has 2 heterocycles. The molecule has 6 heteroatoms. The summed E-state index contributed by atoms with van der Waals surface area (Å²) in [6, 6.07) is 6.92. The molecule has 2 saturated carbocycles. The van der Waals surface area contributed by atoms with Crippen molar-refractivity contribution in [2.45, 2.75) is 116 Å². The summed E-state index contributed by atoms with van der Waals surface area (Å²) >= 11 is -0.742. The number of hydrogen-bond donors (Lipinski definition) is 1. The van der Waals surface area contributed by atoms with Crippen LogP contribution in [0.1, 0.15) is 119 Å². The number of unbranched alkanes of at least 4 members (excludes halogenated alkanes) is 2. The zero-order valence-electron chi connectivity index (χ0n) is 25.5. The Morgan fingerprint density at radius 3 is 2.52 bits per heavy atom. The van der Waals surface area contributed by atoms with E-state index in [1.807, 2.05) is 0 Å². The summed E-state index contributed by atoms with van der Waals surface area (Å²) in [4.78, 5) is 13.5. The van der Waals surface area contributed by atoms with Crippen LogP contribution >= 0.6 is 0 Å². The highest BCUT2D eigenvalue weighted by atomic mass is 32.2. The van der Waals surface area contributed by atoms with Crippen molar-refractivity contribution in [3.63, 3.8) is 0 Å². The van der Waals surface area contributed by atoms with Gasteiger partial charge in [0.15, 0.2) is 0 Å². The molecule has 1 aliphatic heterocycles. The Labute approximate surface area is 245 Å². The van der Waals surface area contributed by atoms with E-state index in [2.05, 4.69) is 55.8 Å². The van der Waals surface area contributed by atoms with Gasteiger partial charge in [-0.05, 0) is 93.4 Å². The van der Waals surface area contributed by atoms with Gasteiger partial charge in [-0.2, -0.15) is 0 Å². The van der Waals surface area contributed by atoms with E-state index in [1.165, 1.54) is 67.3 Å². The monoisotopic (exact) mass is 566 g/mol. The van der Waals surface area contributed by atoms with Gasteiger partial charge in [-0.3, -0.25) is 4.79 Å². The second-order valence-electron chi connectivity index (χ2n) is 13.8. The lowest BCUT2D eigenvalue weighted by atomic mass is 9.79. The van der Waals surface area contributed by atoms with E-state index < -0.39 is 11.2 Å². The Hall–Kier alpha value is -1.92. The summed E-state index contributed by atoms with van der Waals surface area (Å²) in [7, 11) is 0. The van der Waals surface area contributed by atoms with Gasteiger partial charge >= 0.3 is 0 Å². The van der Waals surface area contributed by atoms with Crippen LogP contribution in [0.3, 0.4) is 0 Å². The maximum atomic E-state index is 13.5. The quantitative estimate of drug-likeness (QED) is 0.240. The number of amides is 1. The molecule has 1 aromatic heterocycles. The van der Waals surface area contributed by atoms with Crippen LogP contribution in [0.5, 0.6) is 5.75 Å². The van der Waals surface area contributed by atoms with Crippen molar-refractivity contribution in [2.75, 3.05) is 25.2 Å². The largest absolute Gasteiger partial charge is 0.617 e. The fourth-order valence-corrected chi connectivity index (χ4v) is 7.53. The number of carbonyl (C=O) groups is 1. The number of benzene rings is 1. The van der Waals surface area contributed by atoms with Gasteiger partial charge < -0.3 is 19.2 Å². The van der Waals surface area contributed by atoms with Crippen molar-refractivity contribution in [3.05, 3.63) is 40.6 Å². The fourth-order valence-electron chi connectivity index (χ4n) is 6.92. The summed E-state index contributed by atoms with van der Waals surface area (Å²) in [6.45, 7) is 11.4. The third-order valence-corrected chi connectivity index (χ3v) is 10.5. The molecular formula is C34H50N2O3S. The Morgan fingerprint density at radius 2 is 1.85 bits per heavy atom. The van der Waals surface area contributed by atoms with Crippen LogP contribution in [0.25, 0.3) is 11.3 Å². The molecular weight excluding hydrogens is 516 g/mol. The highest BCUT2D eigenvalue weighted by Gasteiger charge is 2.49. The average molecular weight is 567 g/mol. The first-order valence-electron chi connectivity index (χ1n) is 15.7. The smallest absolute Gasteiger partial charge is 0.253 e. The number of carbonyl (C=O) groups excluding carboxylic acids is 1. The molecule has 220 valence electrons. The number of hydrogen-bond acceptors (Lipinski definition) is 3. The second kappa shape index (κ2) is 12.1. The molecule has 1 unspecified atom stereocenters. The summed E-state index contributed by atoms with van der Waals surface area (Å²) in [5.74, 6) is 2.55. The third kappa shape index (κ3) is 6.43. The maximum absolute atomic E-state index is 13.5. The van der Waals surface area contributed by atoms with Crippen LogP contribution in [-0.4, -0.2) is 40.2 Å². The molecule has 2 aromatic rings. The van der Waals surface area contributed by atoms with E-state index in [9.17, 15) is 9.35 Å². The molecule has 1 spiro atoms. The van der Waals surface area contributed by atoms with E-state index in [0.717, 1.165) is 61.6 Å². The van der Waals surface area contributed by atoms with Gasteiger partial charge in [-0.15, -0.1) is 0 Å². The van der Waals surface area contributed by atoms with Crippen LogP contribution in [0.4, 0.5) is 0 Å². The molecule has 0 saturated heterocycles. The first kappa shape index (κ1) is 29.6. The molecule has 40 heavy (non-hydrogen) atoms. The minimum Gasteiger partial charge on any atom is -0.617 e. The standard InChI is InChI=1S/C34H50N2O3S/c1-24-27(32(37)35-17-10-7-11-19-40(5)38)22-30(36(24)23-25-12-8-6-9-13-25)26-20-28(33(2,3)4)31-29(21-26)34(14-15-34)16-18-39-31/h20-22,25H,6-19,23H2,1-5H3,(H,35,37). The molecule has 2 aliphatic carbocycles. The predicted molar refractivity (Wildman–Crippen MR) is 166 cm³/mol. The van der Waals surface area contributed by atoms with Crippen LogP contribution in [-0.2, 0) is 28.6 Å². The van der Waals surface area contributed by atoms with Crippen molar-refractivity contribution in [1.29, 1.82) is 0 Å². The highest BCUT2D eigenvalue weighted by molar-refractivity contribution is 7.90. The van der Waals surface area contributed by atoms with Gasteiger partial charge in [0.2, 0.25) is 0 Å². The minimum absolute atomic E-state index is 0.0243. The molecule has 0 bridgehead atoms. The zero-order valence-corrected chi connectivity index (χ0v) is 26.3. The van der Waals surface area contributed by atoms with Gasteiger partial charge in [-0.1, -0.05) is 51.2 Å². The zero-order chi connectivity index (χ0) is 28.5. The lowest BCUT2D eigenvalue weighted by molar-refractivity contribution is 0.0952. The molecule has 5 rings (SSSR count). The molecule has 0 radical (unpaired) electrons. The van der Waals surface area contributed by atoms with Gasteiger partial charge in [-0.25, -0.2) is 0 Å². The molecule has 5 nitrogen and oxygen atoms in total. The fraction of sp³-hybridized carbons (Fsp3) is 0.676. The van der Waals surface area contributed by atoms with Crippen molar-refractivity contribution in [3.8, 4) is 17.0 Å². The van der Waals surface area contributed by atoms with Crippen molar-refractivity contribution in [2.24, 2.45) is 5.92 Å². The number of ether oxygens (including phenoxy) is 1. The second-order valence-corrected chi connectivity index (χ2v) is 15.3. The lowest BCUT2D eigenvalue weighted by Gasteiger charge is -2.33. The third-order valence-electron chi connectivity index (χ3n) is 9.62. The summed E-state index contributed by atoms with van der Waals surface area (Å²) in [5.41, 5.74) is 7.20. The maximum Gasteiger partial charge on any atom is 0.253 e. The SMILES string of the molecule is Cc1c(C(=O)NCCCCC[S+](C)[O-])cc(-c2cc(C(C)(C)C)c3c(c2)C2(CCO3)CC2)n1CC1CCCCC1. The van der Waals surface area contributed by atoms with E-state index in [-0.39, 0.29) is 16.7 Å². The molecule has 1 N–H and O–H groups in total. The van der Waals surface area contributed by atoms with Gasteiger partial charge in [0.25, 0.3) is 5.91 Å². The number of nitrogens with one attached hydrogen (secondary N) is 1. The van der Waals surface area contributed by atoms with Crippen LogP contribution < -0.4 is 10.1 Å². The Bertz CT molecular complexity index is 1180. The normalized spacial score (nSPS) is 19.2. The topological polar surface area (TPSA) is 66.3 Å². The molecule has 2 fully saturated rings. The van der Waals surface area contributed by atoms with E-state index in [0.29, 0.717) is 12.5 Å². The molecule has 1 atom stereocenters. The number of nitrogens with zero attached hydrogens (tertiary/aromatic N) is 1. The van der Waals surface area contributed by atoms with Gasteiger partial charge in [0.1, 0.15) is 11.5 Å². The van der Waals surface area contributed by atoms with Crippen molar-refractivity contribution < 1.29 is 14.1 Å². The Balaban J connectivity index is 1.48. The number of aromatic nitrogens is 1. The number of rotatable bonds is 10. The Kier molecular flexibility index (Phi) is 8.97. The summed E-state index contributed by atoms with van der Waals surface area (Å²) in [6.07, 6.45) is 14.7. The molecule has 3 aliphatic rings. The van der Waals surface area contributed by atoms with E-state index >= 15 is 0 Å². The van der Waals surface area contributed by atoms with Crippen molar-refractivity contribution in [1.82, 2.24) is 9.88 Å². The minimum atomic E-state index is -0.742. The van der Waals surface area contributed by atoms with Gasteiger partial charge in [0, 0.05) is 41.0 Å². The highest BCUT2D eigenvalue weighted by Crippen LogP contribution is 2.58. The number of fused-ring (bicyclic) bond motifs is 2. The first-order valence-corrected chi connectivity index (χ1v) is 17.4. The van der Waals surface area contributed by atoms with Crippen LogP contribution in [0.2, 0.25) is 0 Å². The van der Waals surface area contributed by atoms with E-state index in [1.54, 1.807) is 6.26 Å². The lowest BCUT2D eigenvalue weighted by Crippen LogP contribution is -2.25. The predicted octanol–water partition coefficient (Wildman–Crippen LogP) is 7.43. The summed E-state index contributed by atoms with van der Waals surface area (Å²) in [5, 5.41) is 3.18. The van der Waals surface area contributed by atoms with Crippen LogP contribution in [0, 0.1) is 12.8 Å². The van der Waals surface area contributed by atoms with Gasteiger partial charge in [0.05, 0.1) is 18.4 Å².